The summed E-state index contributed by atoms with van der Waals surface area (Å²) in [6.07, 6.45) is -6.48. The number of aliphatic hydroxyl groups excluding tert-OH is 1. The Kier molecular flexibility index (Phi) is 2.34. The first-order valence-corrected chi connectivity index (χ1v) is 5.36. The van der Waals surface area contributed by atoms with E-state index in [9.17, 15) is 23.5 Å². The number of hydrogen-bond donors (Lipinski definition) is 2. The van der Waals surface area contributed by atoms with E-state index < -0.39 is 42.5 Å². The van der Waals surface area contributed by atoms with Crippen molar-refractivity contribution >= 4 is 11.9 Å². The maximum Gasteiger partial charge on any atom is 0.328 e. The predicted octanol–water partition coefficient (Wildman–Crippen LogP) is -0.994. The molecule has 100 valence electrons. The predicted molar refractivity (Wildman–Crippen MR) is 49.3 cm³/mol. The maximum atomic E-state index is 13.8. The number of imide groups is 1. The highest BCUT2D eigenvalue weighted by molar-refractivity contribution is 5.97. The van der Waals surface area contributed by atoms with Crippen molar-refractivity contribution < 1.29 is 33.0 Å². The van der Waals surface area contributed by atoms with Gasteiger partial charge < -0.3 is 14.6 Å². The van der Waals surface area contributed by atoms with E-state index in [4.69, 9.17) is 9.47 Å². The highest BCUT2D eigenvalue weighted by Crippen LogP contribution is 2.41. The van der Waals surface area contributed by atoms with Gasteiger partial charge in [-0.05, 0) is 0 Å². The van der Waals surface area contributed by atoms with Crippen molar-refractivity contribution in [2.45, 2.75) is 37.0 Å². The van der Waals surface area contributed by atoms with Gasteiger partial charge in [0.25, 0.3) is 0 Å². The van der Waals surface area contributed by atoms with Crippen LogP contribution in [0, 0.1) is 0 Å². The van der Waals surface area contributed by atoms with Crippen molar-refractivity contribution in [3.63, 3.8) is 0 Å². The van der Waals surface area contributed by atoms with E-state index in [1.165, 1.54) is 0 Å². The number of fused-ring (bicyclic) bond motifs is 4. The van der Waals surface area contributed by atoms with Crippen molar-refractivity contribution in [1.82, 2.24) is 10.2 Å². The molecule has 3 fully saturated rings. The van der Waals surface area contributed by atoms with Crippen LogP contribution in [-0.4, -0.2) is 59.1 Å². The SMILES string of the molecule is O=C1CC2OC[C@H]3O[C@@H](N2C(=O)N1)C(F)(F)[C@@H]3O. The van der Waals surface area contributed by atoms with Crippen LogP contribution in [0.5, 0.6) is 0 Å². The van der Waals surface area contributed by atoms with Crippen LogP contribution < -0.4 is 5.32 Å². The number of aliphatic hydroxyl groups is 1. The summed E-state index contributed by atoms with van der Waals surface area (Å²) in [6.45, 7) is -0.297. The van der Waals surface area contributed by atoms with Gasteiger partial charge in [0, 0.05) is 0 Å². The molecule has 0 aromatic rings. The molecule has 3 rings (SSSR count). The number of carbonyl (C=O) groups excluding carboxylic acids is 2. The van der Waals surface area contributed by atoms with E-state index in [0.717, 1.165) is 0 Å². The van der Waals surface area contributed by atoms with Crippen LogP contribution >= 0.6 is 0 Å². The van der Waals surface area contributed by atoms with E-state index in [-0.39, 0.29) is 13.0 Å². The van der Waals surface area contributed by atoms with Gasteiger partial charge >= 0.3 is 12.0 Å². The number of nitrogens with one attached hydrogen (secondary N) is 1. The first kappa shape index (κ1) is 11.8. The van der Waals surface area contributed by atoms with Crippen LogP contribution in [0.4, 0.5) is 13.6 Å². The molecule has 3 aliphatic rings. The number of amides is 3. The molecule has 0 aromatic carbocycles. The quantitative estimate of drug-likeness (QED) is 0.586. The van der Waals surface area contributed by atoms with Crippen LogP contribution in [0.3, 0.4) is 0 Å². The van der Waals surface area contributed by atoms with Crippen LogP contribution in [0.15, 0.2) is 0 Å². The second-order valence-electron chi connectivity index (χ2n) is 4.40. The third-order valence-corrected chi connectivity index (χ3v) is 3.24. The molecule has 3 heterocycles. The summed E-state index contributed by atoms with van der Waals surface area (Å²) in [6, 6.07) is -1.00. The summed E-state index contributed by atoms with van der Waals surface area (Å²) in [5, 5.41) is 11.3. The lowest BCUT2D eigenvalue weighted by Gasteiger charge is -2.39. The average Bonchev–Trinajstić information content (AvgIpc) is 2.47. The lowest BCUT2D eigenvalue weighted by molar-refractivity contribution is -0.190. The zero-order chi connectivity index (χ0) is 13.1. The zero-order valence-electron chi connectivity index (χ0n) is 9.01. The smallest absolute Gasteiger partial charge is 0.328 e. The van der Waals surface area contributed by atoms with Crippen molar-refractivity contribution in [3.8, 4) is 0 Å². The minimum atomic E-state index is -3.59. The highest BCUT2D eigenvalue weighted by atomic mass is 19.3. The maximum absolute atomic E-state index is 13.8. The fourth-order valence-electron chi connectivity index (χ4n) is 2.33. The molecule has 0 aliphatic carbocycles. The Morgan fingerprint density at radius 2 is 2.17 bits per heavy atom. The number of nitrogens with zero attached hydrogens (tertiary/aromatic N) is 1. The Morgan fingerprint density at radius 1 is 1.44 bits per heavy atom. The van der Waals surface area contributed by atoms with Gasteiger partial charge in [0.1, 0.15) is 12.3 Å². The monoisotopic (exact) mass is 264 g/mol. The molecule has 0 spiro atoms. The number of halogens is 2. The fourth-order valence-corrected chi connectivity index (χ4v) is 2.33. The Hall–Kier alpha value is -1.32. The van der Waals surface area contributed by atoms with Gasteiger partial charge in [-0.2, -0.15) is 8.78 Å². The first-order chi connectivity index (χ1) is 8.41. The molecule has 2 bridgehead atoms. The molecule has 2 N–H and O–H groups in total. The second kappa shape index (κ2) is 3.59. The lowest BCUT2D eigenvalue weighted by Crippen LogP contribution is -2.63. The molecule has 0 radical (unpaired) electrons. The van der Waals surface area contributed by atoms with Crippen molar-refractivity contribution in [3.05, 3.63) is 0 Å². The number of hydrogen-bond acceptors (Lipinski definition) is 5. The summed E-state index contributed by atoms with van der Waals surface area (Å²) in [5.41, 5.74) is 0. The minimum Gasteiger partial charge on any atom is -0.384 e. The van der Waals surface area contributed by atoms with Crippen LogP contribution in [0.1, 0.15) is 6.42 Å². The molecule has 0 aromatic heterocycles. The topological polar surface area (TPSA) is 88.1 Å². The number of carbonyl (C=O) groups is 2. The Balaban J connectivity index is 1.97. The summed E-state index contributed by atoms with van der Waals surface area (Å²) in [5.74, 6) is -4.19. The van der Waals surface area contributed by atoms with Crippen LogP contribution in [0.2, 0.25) is 0 Å². The Bertz CT molecular complexity index is 418. The number of alkyl halides is 2. The fraction of sp³-hybridized carbons (Fsp3) is 0.778. The first-order valence-electron chi connectivity index (χ1n) is 5.36. The molecular weight excluding hydrogens is 254 g/mol. The van der Waals surface area contributed by atoms with Gasteiger partial charge in [0.2, 0.25) is 12.1 Å². The summed E-state index contributed by atoms with van der Waals surface area (Å²) >= 11 is 0. The molecule has 9 heteroatoms. The molecule has 3 aliphatic heterocycles. The summed E-state index contributed by atoms with van der Waals surface area (Å²) < 4.78 is 37.7. The largest absolute Gasteiger partial charge is 0.384 e. The van der Waals surface area contributed by atoms with Gasteiger partial charge in [0.05, 0.1) is 13.0 Å². The highest BCUT2D eigenvalue weighted by Gasteiger charge is 2.64. The van der Waals surface area contributed by atoms with Crippen molar-refractivity contribution in [1.29, 1.82) is 0 Å². The van der Waals surface area contributed by atoms with Gasteiger partial charge in [-0.15, -0.1) is 0 Å². The molecule has 18 heavy (non-hydrogen) atoms. The number of urea groups is 1. The van der Waals surface area contributed by atoms with Crippen LogP contribution in [0.25, 0.3) is 0 Å². The minimum absolute atomic E-state index is 0.232. The number of rotatable bonds is 0. The molecule has 4 atom stereocenters. The number of ether oxygens (including phenoxy) is 2. The van der Waals surface area contributed by atoms with Crippen molar-refractivity contribution in [2.24, 2.45) is 0 Å². The lowest BCUT2D eigenvalue weighted by atomic mass is 10.1. The third-order valence-electron chi connectivity index (χ3n) is 3.24. The second-order valence-corrected chi connectivity index (χ2v) is 4.40. The Labute approximate surface area is 99.6 Å². The zero-order valence-corrected chi connectivity index (χ0v) is 9.01. The molecular formula is C9H10F2N2O5. The molecule has 7 nitrogen and oxygen atoms in total. The van der Waals surface area contributed by atoms with E-state index in [1.54, 1.807) is 0 Å². The van der Waals surface area contributed by atoms with E-state index in [2.05, 4.69) is 0 Å². The summed E-state index contributed by atoms with van der Waals surface area (Å²) in [7, 11) is 0. The van der Waals surface area contributed by atoms with Gasteiger partial charge in [0.15, 0.2) is 6.10 Å². The molecule has 0 saturated carbocycles. The van der Waals surface area contributed by atoms with Crippen LogP contribution in [-0.2, 0) is 14.3 Å². The molecule has 3 saturated heterocycles. The van der Waals surface area contributed by atoms with E-state index >= 15 is 0 Å². The van der Waals surface area contributed by atoms with Gasteiger partial charge in [-0.1, -0.05) is 0 Å². The normalized spacial score (nSPS) is 42.3. The Morgan fingerprint density at radius 3 is 2.89 bits per heavy atom. The molecule has 1 unspecified atom stereocenters. The standard InChI is InChI=1S/C9H10F2N2O5/c10-9(11)6(15)3-2-17-5-1-4(14)12-8(16)13(5)7(9)18-3/h3,5-7,15H,1-2H2,(H,12,14,16)/t3-,5?,6-,7-/m1/s1. The van der Waals surface area contributed by atoms with E-state index in [0.29, 0.717) is 4.90 Å². The average molecular weight is 264 g/mol. The van der Waals surface area contributed by atoms with Crippen molar-refractivity contribution in [2.75, 3.05) is 6.61 Å². The van der Waals surface area contributed by atoms with Gasteiger partial charge in [-0.25, -0.2) is 4.79 Å². The third kappa shape index (κ3) is 1.44. The molecule has 3 amide bonds. The van der Waals surface area contributed by atoms with E-state index in [1.807, 2.05) is 5.32 Å². The van der Waals surface area contributed by atoms with Gasteiger partial charge in [-0.3, -0.25) is 15.0 Å². The summed E-state index contributed by atoms with van der Waals surface area (Å²) in [4.78, 5) is 23.4.